The Bertz CT molecular complexity index is 472. The van der Waals surface area contributed by atoms with Gasteiger partial charge in [0.2, 0.25) is 0 Å². The molecule has 3 nitrogen and oxygen atoms in total. The molecule has 1 saturated heterocycles. The van der Waals surface area contributed by atoms with E-state index in [1.54, 1.807) is 0 Å². The van der Waals surface area contributed by atoms with Crippen molar-refractivity contribution in [3.8, 4) is 0 Å². The Balaban J connectivity index is 1.42. The fourth-order valence-electron chi connectivity index (χ4n) is 3.64. The lowest BCUT2D eigenvalue weighted by Crippen LogP contribution is -2.04. The van der Waals surface area contributed by atoms with Crippen LogP contribution in [0.3, 0.4) is 0 Å². The molecule has 1 heterocycles. The van der Waals surface area contributed by atoms with Crippen molar-refractivity contribution in [3.63, 3.8) is 0 Å². The van der Waals surface area contributed by atoms with Crippen molar-refractivity contribution in [3.05, 3.63) is 36.5 Å². The molecule has 0 aromatic carbocycles. The maximum absolute atomic E-state index is 11.3. The summed E-state index contributed by atoms with van der Waals surface area (Å²) in [6.07, 6.45) is 26.8. The Labute approximate surface area is 159 Å². The third-order valence-electron chi connectivity index (χ3n) is 5.19. The van der Waals surface area contributed by atoms with Crippen LogP contribution in [0.15, 0.2) is 36.5 Å². The first-order valence-corrected chi connectivity index (χ1v) is 10.6. The van der Waals surface area contributed by atoms with Crippen LogP contribution >= 0.6 is 0 Å². The summed E-state index contributed by atoms with van der Waals surface area (Å²) >= 11 is 0. The van der Waals surface area contributed by atoms with E-state index in [1.165, 1.54) is 32.1 Å². The van der Waals surface area contributed by atoms with E-state index in [1.807, 2.05) is 6.92 Å². The van der Waals surface area contributed by atoms with Crippen molar-refractivity contribution < 1.29 is 14.3 Å². The van der Waals surface area contributed by atoms with Gasteiger partial charge in [0.25, 0.3) is 0 Å². The minimum absolute atomic E-state index is 0.0898. The SMILES string of the molecule is CCOC(=O)CCC[C@@H]1O[C@@H]1CC/C=C/C=C\C/C=C\C1CCCCC1. The Morgan fingerprint density at radius 2 is 1.81 bits per heavy atom. The molecular weight excluding hydrogens is 324 g/mol. The average molecular weight is 361 g/mol. The second-order valence-electron chi connectivity index (χ2n) is 7.41. The molecule has 0 aromatic rings. The molecule has 0 radical (unpaired) electrons. The normalized spacial score (nSPS) is 24.0. The van der Waals surface area contributed by atoms with Gasteiger partial charge >= 0.3 is 5.97 Å². The van der Waals surface area contributed by atoms with Crippen LogP contribution < -0.4 is 0 Å². The summed E-state index contributed by atoms with van der Waals surface area (Å²) < 4.78 is 10.6. The van der Waals surface area contributed by atoms with Crippen molar-refractivity contribution in [2.24, 2.45) is 5.92 Å². The van der Waals surface area contributed by atoms with Gasteiger partial charge < -0.3 is 9.47 Å². The van der Waals surface area contributed by atoms with Gasteiger partial charge in [-0.25, -0.2) is 0 Å². The molecule has 0 bridgehead atoms. The molecule has 0 unspecified atom stereocenters. The number of allylic oxidation sites excluding steroid dienone is 6. The molecule has 0 spiro atoms. The third kappa shape index (κ3) is 9.38. The monoisotopic (exact) mass is 360 g/mol. The highest BCUT2D eigenvalue weighted by Gasteiger charge is 2.36. The minimum atomic E-state index is -0.0898. The van der Waals surface area contributed by atoms with E-state index < -0.39 is 0 Å². The van der Waals surface area contributed by atoms with E-state index in [-0.39, 0.29) is 5.97 Å². The van der Waals surface area contributed by atoms with Crippen molar-refractivity contribution in [2.45, 2.75) is 89.8 Å². The number of carbonyl (C=O) groups is 1. The van der Waals surface area contributed by atoms with Gasteiger partial charge in [-0.15, -0.1) is 0 Å². The van der Waals surface area contributed by atoms with E-state index in [2.05, 4.69) is 36.5 Å². The number of esters is 1. The Morgan fingerprint density at radius 3 is 2.62 bits per heavy atom. The molecule has 26 heavy (non-hydrogen) atoms. The van der Waals surface area contributed by atoms with Gasteiger partial charge in [-0.3, -0.25) is 4.79 Å². The van der Waals surface area contributed by atoms with Crippen molar-refractivity contribution in [1.29, 1.82) is 0 Å². The largest absolute Gasteiger partial charge is 0.466 e. The number of hydrogen-bond donors (Lipinski definition) is 0. The summed E-state index contributed by atoms with van der Waals surface area (Å²) in [6, 6.07) is 0. The lowest BCUT2D eigenvalue weighted by Gasteiger charge is -2.17. The Kier molecular flexibility index (Phi) is 10.4. The van der Waals surface area contributed by atoms with Crippen LogP contribution in [-0.4, -0.2) is 24.8 Å². The van der Waals surface area contributed by atoms with Crippen LogP contribution in [0.4, 0.5) is 0 Å². The van der Waals surface area contributed by atoms with Crippen LogP contribution in [0.25, 0.3) is 0 Å². The highest BCUT2D eigenvalue weighted by molar-refractivity contribution is 5.69. The zero-order valence-corrected chi connectivity index (χ0v) is 16.4. The van der Waals surface area contributed by atoms with E-state index >= 15 is 0 Å². The molecule has 2 atom stereocenters. The summed E-state index contributed by atoms with van der Waals surface area (Å²) in [5.41, 5.74) is 0. The molecule has 2 rings (SSSR count). The fourth-order valence-corrected chi connectivity index (χ4v) is 3.64. The molecule has 1 aliphatic heterocycles. The second-order valence-corrected chi connectivity index (χ2v) is 7.41. The second kappa shape index (κ2) is 12.9. The van der Waals surface area contributed by atoms with Gasteiger partial charge in [-0.2, -0.15) is 0 Å². The Hall–Kier alpha value is -1.35. The molecule has 0 amide bonds. The summed E-state index contributed by atoms with van der Waals surface area (Å²) in [5, 5.41) is 0. The summed E-state index contributed by atoms with van der Waals surface area (Å²) in [5.74, 6) is 0.740. The lowest BCUT2D eigenvalue weighted by atomic mass is 9.89. The molecule has 1 aliphatic carbocycles. The van der Waals surface area contributed by atoms with E-state index in [0.29, 0.717) is 25.2 Å². The Morgan fingerprint density at radius 1 is 1.04 bits per heavy atom. The van der Waals surface area contributed by atoms with Gasteiger partial charge in [-0.1, -0.05) is 55.7 Å². The quantitative estimate of drug-likeness (QED) is 0.188. The topological polar surface area (TPSA) is 38.8 Å². The number of epoxide rings is 1. The zero-order chi connectivity index (χ0) is 18.5. The summed E-state index contributed by atoms with van der Waals surface area (Å²) in [6.45, 7) is 2.31. The molecular formula is C23H36O3. The van der Waals surface area contributed by atoms with Crippen LogP contribution in [0, 0.1) is 5.92 Å². The first-order chi connectivity index (χ1) is 12.8. The van der Waals surface area contributed by atoms with Gasteiger partial charge in [0.1, 0.15) is 0 Å². The van der Waals surface area contributed by atoms with Crippen LogP contribution in [-0.2, 0) is 14.3 Å². The van der Waals surface area contributed by atoms with Crippen LogP contribution in [0.5, 0.6) is 0 Å². The first kappa shape index (κ1) is 21.0. The predicted molar refractivity (Wildman–Crippen MR) is 107 cm³/mol. The van der Waals surface area contributed by atoms with E-state index in [9.17, 15) is 4.79 Å². The number of hydrogen-bond acceptors (Lipinski definition) is 3. The number of carbonyl (C=O) groups excluding carboxylic acids is 1. The van der Waals surface area contributed by atoms with E-state index in [4.69, 9.17) is 9.47 Å². The van der Waals surface area contributed by atoms with Gasteiger partial charge in [0.05, 0.1) is 18.8 Å². The molecule has 3 heteroatoms. The highest BCUT2D eigenvalue weighted by Crippen LogP contribution is 2.31. The summed E-state index contributed by atoms with van der Waals surface area (Å²) in [7, 11) is 0. The molecule has 2 fully saturated rings. The summed E-state index contributed by atoms with van der Waals surface area (Å²) in [4.78, 5) is 11.3. The fraction of sp³-hybridized carbons (Fsp3) is 0.696. The van der Waals surface area contributed by atoms with Crippen molar-refractivity contribution >= 4 is 5.97 Å². The van der Waals surface area contributed by atoms with Crippen LogP contribution in [0.2, 0.25) is 0 Å². The minimum Gasteiger partial charge on any atom is -0.466 e. The molecule has 0 aromatic heterocycles. The zero-order valence-electron chi connectivity index (χ0n) is 16.4. The maximum Gasteiger partial charge on any atom is 0.305 e. The molecule has 146 valence electrons. The van der Waals surface area contributed by atoms with Crippen LogP contribution in [0.1, 0.15) is 77.6 Å². The van der Waals surface area contributed by atoms with Gasteiger partial charge in [0.15, 0.2) is 0 Å². The lowest BCUT2D eigenvalue weighted by molar-refractivity contribution is -0.143. The molecule has 1 saturated carbocycles. The third-order valence-corrected chi connectivity index (χ3v) is 5.19. The van der Waals surface area contributed by atoms with Gasteiger partial charge in [-0.05, 0) is 57.8 Å². The van der Waals surface area contributed by atoms with Crippen molar-refractivity contribution in [1.82, 2.24) is 0 Å². The highest BCUT2D eigenvalue weighted by atomic mass is 16.6. The standard InChI is InChI=1S/C23H36O3/c1-2-25-23(24)19-13-18-22-21(26-22)17-12-7-5-3-4-6-9-14-20-15-10-8-11-16-20/h3-5,7,9,14,20-22H,2,6,8,10-13,15-19H2,1H3/b4-3-,7-5+,14-9-/t21-,22+/m1/s1. The van der Waals surface area contributed by atoms with Crippen molar-refractivity contribution in [2.75, 3.05) is 6.61 Å². The number of ether oxygens (including phenoxy) is 2. The molecule has 0 N–H and O–H groups in total. The smallest absolute Gasteiger partial charge is 0.305 e. The van der Waals surface area contributed by atoms with Gasteiger partial charge in [0, 0.05) is 6.42 Å². The number of rotatable bonds is 12. The predicted octanol–water partition coefficient (Wildman–Crippen LogP) is 5.91. The van der Waals surface area contributed by atoms with E-state index in [0.717, 1.165) is 38.0 Å². The maximum atomic E-state index is 11.3. The molecule has 2 aliphatic rings. The first-order valence-electron chi connectivity index (χ1n) is 10.6. The average Bonchev–Trinajstić information content (AvgIpc) is 3.39.